The highest BCUT2D eigenvalue weighted by Crippen LogP contribution is 2.20. The molecule has 0 aliphatic heterocycles. The van der Waals surface area contributed by atoms with Crippen LogP contribution in [0.4, 0.5) is 0 Å². The van der Waals surface area contributed by atoms with Crippen molar-refractivity contribution in [3.05, 3.63) is 0 Å². The van der Waals surface area contributed by atoms with Gasteiger partial charge < -0.3 is 10.1 Å². The van der Waals surface area contributed by atoms with Gasteiger partial charge in [0, 0.05) is 13.2 Å². The number of hydrogen-bond acceptors (Lipinski definition) is 2. The fourth-order valence-electron chi connectivity index (χ4n) is 2.25. The zero-order valence-electron chi connectivity index (χ0n) is 10.5. The lowest BCUT2D eigenvalue weighted by Crippen LogP contribution is -2.44. The van der Waals surface area contributed by atoms with Crippen LogP contribution in [0.1, 0.15) is 46.5 Å². The normalized spacial score (nSPS) is 15.9. The van der Waals surface area contributed by atoms with Crippen LogP contribution in [0.15, 0.2) is 0 Å². The maximum Gasteiger partial charge on any atom is 0.0726 e. The highest BCUT2D eigenvalue weighted by molar-refractivity contribution is 4.81. The molecule has 86 valence electrons. The van der Waals surface area contributed by atoms with E-state index in [2.05, 4.69) is 26.1 Å². The van der Waals surface area contributed by atoms with Crippen LogP contribution in [-0.4, -0.2) is 26.3 Å². The number of ether oxygens (including phenoxy) is 1. The van der Waals surface area contributed by atoms with Gasteiger partial charge in [-0.1, -0.05) is 40.0 Å². The van der Waals surface area contributed by atoms with Gasteiger partial charge in [0.2, 0.25) is 0 Å². The Morgan fingerprint density at radius 1 is 1.14 bits per heavy atom. The van der Waals surface area contributed by atoms with Crippen LogP contribution >= 0.6 is 0 Å². The predicted molar refractivity (Wildman–Crippen MR) is 62.6 cm³/mol. The summed E-state index contributed by atoms with van der Waals surface area (Å²) in [5.41, 5.74) is 0. The van der Waals surface area contributed by atoms with Crippen LogP contribution in [0.2, 0.25) is 0 Å². The van der Waals surface area contributed by atoms with Gasteiger partial charge in [-0.25, -0.2) is 0 Å². The van der Waals surface area contributed by atoms with Crippen molar-refractivity contribution in [1.29, 1.82) is 0 Å². The van der Waals surface area contributed by atoms with E-state index >= 15 is 0 Å². The summed E-state index contributed by atoms with van der Waals surface area (Å²) in [6, 6.07) is 0.509. The van der Waals surface area contributed by atoms with Gasteiger partial charge in [0.25, 0.3) is 0 Å². The van der Waals surface area contributed by atoms with Gasteiger partial charge in [0.1, 0.15) is 0 Å². The van der Waals surface area contributed by atoms with Crippen molar-refractivity contribution in [3.63, 3.8) is 0 Å². The van der Waals surface area contributed by atoms with E-state index < -0.39 is 0 Å². The Morgan fingerprint density at radius 2 is 1.71 bits per heavy atom. The molecular weight excluding hydrogens is 174 g/mol. The van der Waals surface area contributed by atoms with Gasteiger partial charge in [0.15, 0.2) is 0 Å². The molecule has 2 heteroatoms. The molecule has 0 aliphatic rings. The van der Waals surface area contributed by atoms with Gasteiger partial charge >= 0.3 is 0 Å². The third-order valence-electron chi connectivity index (χ3n) is 3.17. The van der Waals surface area contributed by atoms with Crippen molar-refractivity contribution in [2.24, 2.45) is 5.92 Å². The molecule has 0 aliphatic carbocycles. The summed E-state index contributed by atoms with van der Waals surface area (Å²) in [5, 5.41) is 3.41. The predicted octanol–water partition coefficient (Wildman–Crippen LogP) is 2.83. The molecule has 2 unspecified atom stereocenters. The molecule has 0 fully saturated rings. The SMILES string of the molecule is CCCC(OC)C(NC)C(CC)CC. The number of hydrogen-bond donors (Lipinski definition) is 1. The quantitative estimate of drug-likeness (QED) is 0.652. The molecule has 0 radical (unpaired) electrons. The third kappa shape index (κ3) is 3.97. The van der Waals surface area contributed by atoms with Gasteiger partial charge in [-0.3, -0.25) is 0 Å². The second kappa shape index (κ2) is 8.25. The molecule has 0 bridgehead atoms. The van der Waals surface area contributed by atoms with Crippen molar-refractivity contribution in [3.8, 4) is 0 Å². The van der Waals surface area contributed by atoms with E-state index in [1.807, 2.05) is 14.2 Å². The lowest BCUT2D eigenvalue weighted by atomic mass is 9.88. The van der Waals surface area contributed by atoms with Crippen molar-refractivity contribution in [1.82, 2.24) is 5.32 Å². The minimum atomic E-state index is 0.370. The third-order valence-corrected chi connectivity index (χ3v) is 3.17. The summed E-state index contributed by atoms with van der Waals surface area (Å²) in [6.07, 6.45) is 5.17. The minimum Gasteiger partial charge on any atom is -0.380 e. The molecule has 0 aromatic heterocycles. The lowest BCUT2D eigenvalue weighted by Gasteiger charge is -2.31. The zero-order valence-corrected chi connectivity index (χ0v) is 10.5. The van der Waals surface area contributed by atoms with E-state index in [0.29, 0.717) is 12.1 Å². The minimum absolute atomic E-state index is 0.370. The molecule has 2 atom stereocenters. The Labute approximate surface area is 89.4 Å². The average Bonchev–Trinajstić information content (AvgIpc) is 2.23. The number of nitrogens with one attached hydrogen (secondary N) is 1. The Kier molecular flexibility index (Phi) is 8.20. The largest absolute Gasteiger partial charge is 0.380 e. The smallest absolute Gasteiger partial charge is 0.0726 e. The van der Waals surface area contributed by atoms with Crippen molar-refractivity contribution in [2.45, 2.75) is 58.6 Å². The van der Waals surface area contributed by atoms with Crippen molar-refractivity contribution >= 4 is 0 Å². The molecule has 1 N–H and O–H groups in total. The Bertz CT molecular complexity index is 123. The van der Waals surface area contributed by atoms with Crippen LogP contribution < -0.4 is 5.32 Å². The first-order chi connectivity index (χ1) is 6.74. The molecule has 0 heterocycles. The van der Waals surface area contributed by atoms with Gasteiger partial charge in [-0.05, 0) is 19.4 Å². The number of rotatable bonds is 8. The highest BCUT2D eigenvalue weighted by Gasteiger charge is 2.25. The summed E-state index contributed by atoms with van der Waals surface area (Å²) < 4.78 is 5.57. The van der Waals surface area contributed by atoms with Crippen molar-refractivity contribution in [2.75, 3.05) is 14.2 Å². The molecule has 0 rings (SSSR count). The Balaban J connectivity index is 4.31. The average molecular weight is 201 g/mol. The first-order valence-corrected chi connectivity index (χ1v) is 5.95. The molecule has 0 aromatic rings. The molecule has 2 nitrogen and oxygen atoms in total. The second-order valence-electron chi connectivity index (χ2n) is 3.95. The maximum absolute atomic E-state index is 5.57. The van der Waals surface area contributed by atoms with E-state index in [4.69, 9.17) is 4.74 Å². The van der Waals surface area contributed by atoms with Crippen LogP contribution in [0.3, 0.4) is 0 Å². The summed E-state index contributed by atoms with van der Waals surface area (Å²) in [7, 11) is 3.87. The van der Waals surface area contributed by atoms with Crippen LogP contribution in [0, 0.1) is 5.92 Å². The van der Waals surface area contributed by atoms with E-state index in [1.165, 1.54) is 19.3 Å². The van der Waals surface area contributed by atoms with Gasteiger partial charge in [0.05, 0.1) is 6.10 Å². The number of methoxy groups -OCH3 is 1. The van der Waals surface area contributed by atoms with Crippen LogP contribution in [0.25, 0.3) is 0 Å². The summed E-state index contributed by atoms with van der Waals surface area (Å²) in [4.78, 5) is 0. The van der Waals surface area contributed by atoms with Gasteiger partial charge in [-0.2, -0.15) is 0 Å². The summed E-state index contributed by atoms with van der Waals surface area (Å²) >= 11 is 0. The van der Waals surface area contributed by atoms with Crippen LogP contribution in [-0.2, 0) is 4.74 Å². The topological polar surface area (TPSA) is 21.3 Å². The summed E-state index contributed by atoms with van der Waals surface area (Å²) in [5.74, 6) is 0.733. The second-order valence-corrected chi connectivity index (χ2v) is 3.95. The fraction of sp³-hybridized carbons (Fsp3) is 1.00. The standard InChI is InChI=1S/C12H27NO/c1-6-9-11(14-5)12(13-4)10(7-2)8-3/h10-13H,6-9H2,1-5H3. The zero-order chi connectivity index (χ0) is 11.0. The first kappa shape index (κ1) is 13.9. The van der Waals surface area contributed by atoms with E-state index in [0.717, 1.165) is 12.3 Å². The first-order valence-electron chi connectivity index (χ1n) is 5.95. The monoisotopic (exact) mass is 201 g/mol. The van der Waals surface area contributed by atoms with E-state index in [1.54, 1.807) is 0 Å². The lowest BCUT2D eigenvalue weighted by molar-refractivity contribution is 0.0415. The number of likely N-dealkylation sites (N-methyl/N-ethyl adjacent to an activating group) is 1. The fourth-order valence-corrected chi connectivity index (χ4v) is 2.25. The molecule has 0 aromatic carbocycles. The maximum atomic E-state index is 5.57. The van der Waals surface area contributed by atoms with Crippen LogP contribution in [0.5, 0.6) is 0 Å². The molecular formula is C12H27NO. The molecule has 14 heavy (non-hydrogen) atoms. The summed E-state index contributed by atoms with van der Waals surface area (Å²) in [6.45, 7) is 6.74. The molecule has 0 amide bonds. The molecule has 0 saturated heterocycles. The highest BCUT2D eigenvalue weighted by atomic mass is 16.5. The van der Waals surface area contributed by atoms with Gasteiger partial charge in [-0.15, -0.1) is 0 Å². The van der Waals surface area contributed by atoms with E-state index in [9.17, 15) is 0 Å². The molecule has 0 saturated carbocycles. The van der Waals surface area contributed by atoms with E-state index in [-0.39, 0.29) is 0 Å². The molecule has 0 spiro atoms. The Morgan fingerprint density at radius 3 is 2.00 bits per heavy atom. The Hall–Kier alpha value is -0.0800. The van der Waals surface area contributed by atoms with Crippen molar-refractivity contribution < 1.29 is 4.74 Å².